The fraction of sp³-hybridized carbons (Fsp3) is 0.400. The van der Waals surface area contributed by atoms with Crippen LogP contribution in [0.4, 0.5) is 0 Å². The van der Waals surface area contributed by atoms with E-state index >= 15 is 0 Å². The van der Waals surface area contributed by atoms with E-state index in [1.165, 1.54) is 0 Å². The van der Waals surface area contributed by atoms with Crippen LogP contribution in [0.5, 0.6) is 0 Å². The van der Waals surface area contributed by atoms with Gasteiger partial charge in [0.25, 0.3) is 17.7 Å². The molecule has 2 rings (SSSR count). The van der Waals surface area contributed by atoms with E-state index < -0.39 is 35.4 Å². The Labute approximate surface area is 101 Å². The van der Waals surface area contributed by atoms with Crippen molar-refractivity contribution in [3.05, 3.63) is 11.8 Å². The molecule has 0 bridgehead atoms. The second-order valence-electron chi connectivity index (χ2n) is 4.02. The monoisotopic (exact) mass is 254 g/mol. The smallest absolute Gasteiger partial charge is 0.295 e. The van der Waals surface area contributed by atoms with Crippen LogP contribution in [-0.2, 0) is 19.2 Å². The number of imide groups is 2. The maximum atomic E-state index is 11.6. The van der Waals surface area contributed by atoms with Crippen LogP contribution in [0, 0.1) is 0 Å². The van der Waals surface area contributed by atoms with Crippen molar-refractivity contribution in [3.8, 4) is 0 Å². The summed E-state index contributed by atoms with van der Waals surface area (Å²) in [6.07, 6.45) is 0.227. The summed E-state index contributed by atoms with van der Waals surface area (Å²) in [7, 11) is 0. The first-order chi connectivity index (χ1) is 8.41. The van der Waals surface area contributed by atoms with Crippen molar-refractivity contribution >= 4 is 23.6 Å². The molecule has 1 saturated heterocycles. The van der Waals surface area contributed by atoms with E-state index in [2.05, 4.69) is 0 Å². The molecule has 0 unspecified atom stereocenters. The van der Waals surface area contributed by atoms with Crippen LogP contribution in [0.25, 0.3) is 0 Å². The summed E-state index contributed by atoms with van der Waals surface area (Å²) < 4.78 is 0. The highest BCUT2D eigenvalue weighted by atomic mass is 16.5. The van der Waals surface area contributed by atoms with Gasteiger partial charge in [0, 0.05) is 6.42 Å². The van der Waals surface area contributed by atoms with Crippen molar-refractivity contribution < 1.29 is 29.5 Å². The number of aliphatic hydroxyl groups is 1. The van der Waals surface area contributed by atoms with Gasteiger partial charge in [-0.25, -0.2) is 0 Å². The Kier molecular flexibility index (Phi) is 2.87. The molecule has 2 aliphatic rings. The molecule has 4 amide bonds. The van der Waals surface area contributed by atoms with E-state index in [9.17, 15) is 24.3 Å². The van der Waals surface area contributed by atoms with Crippen LogP contribution in [0.15, 0.2) is 11.8 Å². The number of piperidine rings is 1. The standard InChI is InChI=1S/C10H10N2O6/c13-6-1-2-7(14)11(10(6)17)5-3-8(15)12(18)9(16)4-5/h1,5,13,18H,2-4H2. The van der Waals surface area contributed by atoms with E-state index in [0.29, 0.717) is 4.90 Å². The molecule has 0 aromatic carbocycles. The van der Waals surface area contributed by atoms with Crippen molar-refractivity contribution in [1.29, 1.82) is 0 Å². The molecule has 0 aromatic rings. The van der Waals surface area contributed by atoms with Crippen LogP contribution in [0.3, 0.4) is 0 Å². The normalized spacial score (nSPS) is 22.6. The molecule has 0 aliphatic carbocycles. The van der Waals surface area contributed by atoms with E-state index in [0.717, 1.165) is 6.08 Å². The van der Waals surface area contributed by atoms with E-state index in [1.54, 1.807) is 0 Å². The summed E-state index contributed by atoms with van der Waals surface area (Å²) in [4.78, 5) is 46.5. The third kappa shape index (κ3) is 1.86. The Hall–Kier alpha value is -2.22. The number of hydrogen-bond acceptors (Lipinski definition) is 6. The first-order valence-electron chi connectivity index (χ1n) is 5.22. The second kappa shape index (κ2) is 4.22. The van der Waals surface area contributed by atoms with Gasteiger partial charge in [0.2, 0.25) is 5.91 Å². The van der Waals surface area contributed by atoms with Gasteiger partial charge in [-0.3, -0.25) is 29.3 Å². The van der Waals surface area contributed by atoms with Gasteiger partial charge in [0.1, 0.15) is 0 Å². The highest BCUT2D eigenvalue weighted by Crippen LogP contribution is 2.22. The number of aliphatic hydroxyl groups excluding tert-OH is 1. The SMILES string of the molecule is O=C1CC(N2C(=O)CC=C(O)C2=O)CC(=O)N1O. The third-order valence-electron chi connectivity index (χ3n) is 2.83. The van der Waals surface area contributed by atoms with Gasteiger partial charge < -0.3 is 5.11 Å². The predicted molar refractivity (Wildman–Crippen MR) is 53.8 cm³/mol. The molecule has 1 fully saturated rings. The minimum absolute atomic E-state index is 0.0227. The quantitative estimate of drug-likeness (QED) is 0.462. The summed E-state index contributed by atoms with van der Waals surface area (Å²) >= 11 is 0. The molecule has 8 nitrogen and oxygen atoms in total. The molecular weight excluding hydrogens is 244 g/mol. The summed E-state index contributed by atoms with van der Waals surface area (Å²) in [6, 6.07) is -0.954. The topological polar surface area (TPSA) is 115 Å². The van der Waals surface area contributed by atoms with Gasteiger partial charge >= 0.3 is 0 Å². The minimum Gasteiger partial charge on any atom is -0.503 e. The van der Waals surface area contributed by atoms with Crippen LogP contribution < -0.4 is 0 Å². The van der Waals surface area contributed by atoms with Crippen LogP contribution in [0.1, 0.15) is 19.3 Å². The van der Waals surface area contributed by atoms with Crippen molar-refractivity contribution in [2.45, 2.75) is 25.3 Å². The molecule has 2 aliphatic heterocycles. The van der Waals surface area contributed by atoms with Gasteiger partial charge in [-0.05, 0) is 6.08 Å². The predicted octanol–water partition coefficient (Wildman–Crippen LogP) is -0.906. The maximum Gasteiger partial charge on any atom is 0.295 e. The number of nitrogens with zero attached hydrogens (tertiary/aromatic N) is 2. The lowest BCUT2D eigenvalue weighted by atomic mass is 10.0. The molecule has 0 spiro atoms. The first-order valence-corrected chi connectivity index (χ1v) is 5.22. The molecule has 2 N–H and O–H groups in total. The molecule has 0 radical (unpaired) electrons. The van der Waals surface area contributed by atoms with E-state index in [-0.39, 0.29) is 24.3 Å². The number of carbonyl (C=O) groups is 4. The number of hydrogen-bond donors (Lipinski definition) is 2. The first kappa shape index (κ1) is 12.2. The second-order valence-corrected chi connectivity index (χ2v) is 4.02. The van der Waals surface area contributed by atoms with E-state index in [1.807, 2.05) is 0 Å². The average molecular weight is 254 g/mol. The molecule has 0 saturated carbocycles. The van der Waals surface area contributed by atoms with Gasteiger partial charge in [-0.1, -0.05) is 0 Å². The number of hydroxylamine groups is 2. The Bertz CT molecular complexity index is 465. The third-order valence-corrected chi connectivity index (χ3v) is 2.83. The fourth-order valence-corrected chi connectivity index (χ4v) is 1.95. The van der Waals surface area contributed by atoms with Crippen molar-refractivity contribution in [2.75, 3.05) is 0 Å². The minimum atomic E-state index is -0.954. The van der Waals surface area contributed by atoms with E-state index in [4.69, 9.17) is 5.21 Å². The summed E-state index contributed by atoms with van der Waals surface area (Å²) in [5.74, 6) is -3.87. The van der Waals surface area contributed by atoms with Gasteiger partial charge in [0.15, 0.2) is 5.76 Å². The Balaban J connectivity index is 2.24. The molecule has 18 heavy (non-hydrogen) atoms. The Morgan fingerprint density at radius 3 is 2.17 bits per heavy atom. The fourth-order valence-electron chi connectivity index (χ4n) is 1.95. The number of carbonyl (C=O) groups excluding carboxylic acids is 4. The highest BCUT2D eigenvalue weighted by molar-refractivity contribution is 6.07. The average Bonchev–Trinajstić information content (AvgIpc) is 2.31. The largest absolute Gasteiger partial charge is 0.503 e. The molecule has 2 heterocycles. The Morgan fingerprint density at radius 1 is 1.06 bits per heavy atom. The highest BCUT2D eigenvalue weighted by Gasteiger charge is 2.41. The molecule has 96 valence electrons. The number of rotatable bonds is 1. The summed E-state index contributed by atoms with van der Waals surface area (Å²) in [5.41, 5.74) is 0. The summed E-state index contributed by atoms with van der Waals surface area (Å²) in [5, 5.41) is 18.3. The lowest BCUT2D eigenvalue weighted by Crippen LogP contribution is -2.54. The van der Waals surface area contributed by atoms with Crippen molar-refractivity contribution in [3.63, 3.8) is 0 Å². The van der Waals surface area contributed by atoms with Crippen LogP contribution >= 0.6 is 0 Å². The zero-order valence-electron chi connectivity index (χ0n) is 9.20. The van der Waals surface area contributed by atoms with Gasteiger partial charge in [0.05, 0.1) is 18.9 Å². The number of amides is 4. The summed E-state index contributed by atoms with van der Waals surface area (Å²) in [6.45, 7) is 0. The van der Waals surface area contributed by atoms with Crippen molar-refractivity contribution in [1.82, 2.24) is 9.96 Å². The molecule has 8 heteroatoms. The zero-order valence-corrected chi connectivity index (χ0v) is 9.20. The van der Waals surface area contributed by atoms with Crippen LogP contribution in [-0.4, -0.2) is 49.9 Å². The molecule has 0 atom stereocenters. The molecule has 0 aromatic heterocycles. The van der Waals surface area contributed by atoms with Crippen molar-refractivity contribution in [2.24, 2.45) is 0 Å². The van der Waals surface area contributed by atoms with Gasteiger partial charge in [-0.15, -0.1) is 0 Å². The zero-order chi connectivity index (χ0) is 13.4. The molecular formula is C10H10N2O6. The van der Waals surface area contributed by atoms with Crippen LogP contribution in [0.2, 0.25) is 0 Å². The maximum absolute atomic E-state index is 11.6. The Morgan fingerprint density at radius 2 is 1.61 bits per heavy atom. The lowest BCUT2D eigenvalue weighted by molar-refractivity contribution is -0.186. The van der Waals surface area contributed by atoms with Gasteiger partial charge in [-0.2, -0.15) is 5.06 Å². The lowest BCUT2D eigenvalue weighted by Gasteiger charge is -2.34.